The highest BCUT2D eigenvalue weighted by molar-refractivity contribution is 5.91. The molecule has 3 aromatic rings. The van der Waals surface area contributed by atoms with Gasteiger partial charge in [0.15, 0.2) is 0 Å². The fourth-order valence-corrected chi connectivity index (χ4v) is 3.51. The fourth-order valence-electron chi connectivity index (χ4n) is 3.51. The molecule has 0 amide bonds. The maximum absolute atomic E-state index is 12.4. The molecule has 0 unspecified atom stereocenters. The number of alkyl halides is 3. The third kappa shape index (κ3) is 10.8. The third-order valence-corrected chi connectivity index (χ3v) is 5.36. The first-order valence-electron chi connectivity index (χ1n) is 12.2. The molecule has 10 heteroatoms. The van der Waals surface area contributed by atoms with Crippen molar-refractivity contribution < 1.29 is 37.0 Å². The van der Waals surface area contributed by atoms with Crippen LogP contribution in [0.1, 0.15) is 40.7 Å². The van der Waals surface area contributed by atoms with Gasteiger partial charge < -0.3 is 25.7 Å². The molecule has 0 atom stereocenters. The molecule has 0 aliphatic carbocycles. The van der Waals surface area contributed by atoms with Gasteiger partial charge in [-0.1, -0.05) is 12.1 Å². The molecule has 0 spiro atoms. The Balaban J connectivity index is 1.39. The molecule has 0 aromatic heterocycles. The van der Waals surface area contributed by atoms with E-state index in [1.807, 2.05) is 12.1 Å². The normalized spacial score (nSPS) is 11.4. The van der Waals surface area contributed by atoms with Crippen LogP contribution in [0.5, 0.6) is 11.5 Å². The lowest BCUT2D eigenvalue weighted by molar-refractivity contribution is -0.138. The Morgan fingerprint density at radius 1 is 0.821 bits per heavy atom. The topological polar surface area (TPSA) is 114 Å². The maximum atomic E-state index is 12.4. The van der Waals surface area contributed by atoms with E-state index in [1.165, 1.54) is 30.3 Å². The lowest BCUT2D eigenvalue weighted by atomic mass is 10.1. The molecule has 7 nitrogen and oxygen atoms in total. The molecule has 3 rings (SSSR count). The van der Waals surface area contributed by atoms with E-state index in [9.17, 15) is 22.8 Å². The van der Waals surface area contributed by atoms with Crippen molar-refractivity contribution in [3.8, 4) is 11.5 Å². The molecule has 0 bridgehead atoms. The highest BCUT2D eigenvalue weighted by Gasteiger charge is 2.26. The lowest BCUT2D eigenvalue weighted by Gasteiger charge is -2.09. The van der Waals surface area contributed by atoms with Crippen LogP contribution >= 0.6 is 0 Å². The van der Waals surface area contributed by atoms with Crippen LogP contribution in [-0.2, 0) is 16.0 Å². The number of carbonyl (C=O) groups excluding carboxylic acids is 2. The molecule has 0 saturated heterocycles. The molecule has 0 aliphatic heterocycles. The van der Waals surface area contributed by atoms with Crippen LogP contribution in [0.2, 0.25) is 0 Å². The monoisotopic (exact) mass is 542 g/mol. The number of benzene rings is 3. The summed E-state index contributed by atoms with van der Waals surface area (Å²) in [5.74, 6) is -0.430. The number of nitrogen functional groups attached to an aromatic ring is 2. The summed E-state index contributed by atoms with van der Waals surface area (Å²) in [5.41, 5.74) is 14.7. The van der Waals surface area contributed by atoms with Gasteiger partial charge in [-0.3, -0.25) is 0 Å². The Morgan fingerprint density at radius 2 is 1.46 bits per heavy atom. The predicted octanol–water partition coefficient (Wildman–Crippen LogP) is 5.98. The van der Waals surface area contributed by atoms with Crippen LogP contribution in [0, 0.1) is 0 Å². The lowest BCUT2D eigenvalue weighted by Crippen LogP contribution is -2.10. The number of hydrogen-bond donors (Lipinski definition) is 2. The van der Waals surface area contributed by atoms with E-state index >= 15 is 0 Å². The number of nitrogens with two attached hydrogens (primary N) is 2. The number of aryl methyl sites for hydroxylation is 1. The summed E-state index contributed by atoms with van der Waals surface area (Å²) < 4.78 is 52.3. The van der Waals surface area contributed by atoms with Crippen molar-refractivity contribution in [1.82, 2.24) is 0 Å². The summed E-state index contributed by atoms with van der Waals surface area (Å²) in [6.45, 7) is 0.167. The van der Waals surface area contributed by atoms with Crippen LogP contribution in [0.3, 0.4) is 0 Å². The van der Waals surface area contributed by atoms with Gasteiger partial charge in [0.25, 0.3) is 0 Å². The van der Waals surface area contributed by atoms with Gasteiger partial charge in [-0.05, 0) is 91.1 Å². The molecular formula is C29H29F3N2O5. The second-order valence-electron chi connectivity index (χ2n) is 8.66. The maximum Gasteiger partial charge on any atom is 0.389 e. The largest absolute Gasteiger partial charge is 0.494 e. The van der Waals surface area contributed by atoms with E-state index in [0.29, 0.717) is 41.3 Å². The van der Waals surface area contributed by atoms with Gasteiger partial charge in [-0.2, -0.15) is 13.2 Å². The molecule has 4 N–H and O–H groups in total. The van der Waals surface area contributed by atoms with Crippen LogP contribution < -0.4 is 20.9 Å². The average molecular weight is 543 g/mol. The van der Waals surface area contributed by atoms with Gasteiger partial charge in [0.2, 0.25) is 0 Å². The molecule has 0 heterocycles. The molecule has 0 fully saturated rings. The second kappa shape index (κ2) is 13.9. The Bertz CT molecular complexity index is 1250. The number of ether oxygens (including phenoxy) is 3. The smallest absolute Gasteiger partial charge is 0.389 e. The van der Waals surface area contributed by atoms with E-state index in [-0.39, 0.29) is 25.2 Å². The van der Waals surface area contributed by atoms with Gasteiger partial charge in [0.05, 0.1) is 18.8 Å². The zero-order valence-electron chi connectivity index (χ0n) is 21.1. The molecule has 0 saturated carbocycles. The third-order valence-electron chi connectivity index (χ3n) is 5.36. The minimum absolute atomic E-state index is 0.0814. The predicted molar refractivity (Wildman–Crippen MR) is 142 cm³/mol. The molecular weight excluding hydrogens is 513 g/mol. The second-order valence-corrected chi connectivity index (χ2v) is 8.66. The van der Waals surface area contributed by atoms with Crippen molar-refractivity contribution >= 4 is 29.4 Å². The number of anilines is 2. The van der Waals surface area contributed by atoms with Crippen molar-refractivity contribution in [2.24, 2.45) is 0 Å². The Kier molecular flexibility index (Phi) is 10.4. The SMILES string of the molecule is Nc1cc(N)cc(CCCOC(=O)C=Cc2ccc(OC(=O)c3ccc(OCCCC(F)(F)F)cc3)cc2)c1. The Labute approximate surface area is 224 Å². The first-order chi connectivity index (χ1) is 18.6. The van der Waals surface area contributed by atoms with E-state index in [4.69, 9.17) is 25.7 Å². The molecule has 39 heavy (non-hydrogen) atoms. The van der Waals surface area contributed by atoms with Crippen molar-refractivity contribution in [1.29, 1.82) is 0 Å². The van der Waals surface area contributed by atoms with Crippen molar-refractivity contribution in [3.63, 3.8) is 0 Å². The van der Waals surface area contributed by atoms with Crippen LogP contribution in [0.4, 0.5) is 24.5 Å². The zero-order valence-corrected chi connectivity index (χ0v) is 21.1. The average Bonchev–Trinajstić information content (AvgIpc) is 2.88. The number of halogens is 3. The zero-order chi connectivity index (χ0) is 28.3. The van der Waals surface area contributed by atoms with E-state index in [0.717, 1.165) is 5.56 Å². The summed E-state index contributed by atoms with van der Waals surface area (Å²) in [6.07, 6.45) is -1.09. The van der Waals surface area contributed by atoms with Gasteiger partial charge in [-0.25, -0.2) is 9.59 Å². The number of rotatable bonds is 12. The first kappa shape index (κ1) is 29.1. The molecule has 0 aliphatic rings. The quantitative estimate of drug-likeness (QED) is 0.0951. The standard InChI is InChI=1S/C29H29F3N2O5/c30-29(31,32)14-2-16-37-25-11-7-22(8-12-25)28(36)39-26-9-4-20(5-10-26)6-13-27(35)38-15-1-3-21-17-23(33)19-24(34)18-21/h4-13,17-19H,1-3,14-16,33-34H2. The van der Waals surface area contributed by atoms with E-state index in [1.54, 1.807) is 36.4 Å². The van der Waals surface area contributed by atoms with Crippen LogP contribution in [0.15, 0.2) is 72.8 Å². The number of hydrogen-bond acceptors (Lipinski definition) is 7. The summed E-state index contributed by atoms with van der Waals surface area (Å²) in [4.78, 5) is 24.3. The fraction of sp³-hybridized carbons (Fsp3) is 0.241. The van der Waals surface area contributed by atoms with E-state index < -0.39 is 24.5 Å². The minimum Gasteiger partial charge on any atom is -0.494 e. The Hall–Kier alpha value is -4.47. The van der Waals surface area contributed by atoms with E-state index in [2.05, 4.69) is 0 Å². The summed E-state index contributed by atoms with van der Waals surface area (Å²) in [6, 6.07) is 17.8. The number of carbonyl (C=O) groups is 2. The molecule has 206 valence electrons. The van der Waals surface area contributed by atoms with Gasteiger partial charge in [0, 0.05) is 23.9 Å². The Morgan fingerprint density at radius 3 is 2.10 bits per heavy atom. The summed E-state index contributed by atoms with van der Waals surface area (Å²) >= 11 is 0. The summed E-state index contributed by atoms with van der Waals surface area (Å²) in [7, 11) is 0. The van der Waals surface area contributed by atoms with Crippen molar-refractivity contribution in [2.75, 3.05) is 24.7 Å². The van der Waals surface area contributed by atoms with Gasteiger partial charge in [-0.15, -0.1) is 0 Å². The van der Waals surface area contributed by atoms with Gasteiger partial charge >= 0.3 is 18.1 Å². The molecule has 0 radical (unpaired) electrons. The van der Waals surface area contributed by atoms with Crippen molar-refractivity contribution in [2.45, 2.75) is 31.9 Å². The first-order valence-corrected chi connectivity index (χ1v) is 12.2. The highest BCUT2D eigenvalue weighted by Crippen LogP contribution is 2.22. The van der Waals surface area contributed by atoms with Gasteiger partial charge in [0.1, 0.15) is 11.5 Å². The summed E-state index contributed by atoms with van der Waals surface area (Å²) in [5, 5.41) is 0. The van der Waals surface area contributed by atoms with Crippen LogP contribution in [0.25, 0.3) is 6.08 Å². The highest BCUT2D eigenvalue weighted by atomic mass is 19.4. The molecule has 3 aromatic carbocycles. The number of esters is 2. The minimum atomic E-state index is -4.22. The van der Waals surface area contributed by atoms with Crippen LogP contribution in [-0.4, -0.2) is 31.3 Å². The van der Waals surface area contributed by atoms with Crippen molar-refractivity contribution in [3.05, 3.63) is 89.5 Å².